The lowest BCUT2D eigenvalue weighted by atomic mass is 9.75. The van der Waals surface area contributed by atoms with E-state index in [1.54, 1.807) is 18.2 Å². The summed E-state index contributed by atoms with van der Waals surface area (Å²) in [6, 6.07) is 9.86. The number of imide groups is 1. The fourth-order valence-corrected chi connectivity index (χ4v) is 6.14. The van der Waals surface area contributed by atoms with Gasteiger partial charge in [0.25, 0.3) is 0 Å². The molecule has 174 valence electrons. The molecule has 0 N–H and O–H groups in total. The van der Waals surface area contributed by atoms with Crippen LogP contribution in [0.3, 0.4) is 0 Å². The van der Waals surface area contributed by atoms with E-state index in [-0.39, 0.29) is 42.3 Å². The number of nitrogens with zero attached hydrogens (tertiary/aromatic N) is 3. The molecule has 3 amide bonds. The zero-order chi connectivity index (χ0) is 23.2. The standard InChI is InChI=1S/C26H30FN3O3/c1-2-21-22-12-7-13-28(22)14-15-29(21)23(31)16-26(19-10-5-6-11-20(19)27)17-24(32)30(25(26)33)18-8-3-4-9-18/h5-7,10-13,18,21H,2-4,8-9,14-17H2,1H3/t21-,26-/m1/s1. The van der Waals surface area contributed by atoms with Crippen LogP contribution in [0.2, 0.25) is 0 Å². The van der Waals surface area contributed by atoms with Gasteiger partial charge < -0.3 is 9.47 Å². The number of halogens is 1. The van der Waals surface area contributed by atoms with Crippen molar-refractivity contribution in [3.05, 3.63) is 59.7 Å². The van der Waals surface area contributed by atoms with Crippen LogP contribution in [0.25, 0.3) is 0 Å². The Hall–Kier alpha value is -2.96. The summed E-state index contributed by atoms with van der Waals surface area (Å²) >= 11 is 0. The van der Waals surface area contributed by atoms with E-state index in [1.807, 2.05) is 30.2 Å². The number of fused-ring (bicyclic) bond motifs is 1. The van der Waals surface area contributed by atoms with E-state index in [2.05, 4.69) is 4.57 Å². The highest BCUT2D eigenvalue weighted by molar-refractivity contribution is 6.11. The number of amides is 3. The smallest absolute Gasteiger partial charge is 0.241 e. The molecule has 2 fully saturated rings. The molecule has 0 unspecified atom stereocenters. The van der Waals surface area contributed by atoms with Gasteiger partial charge in [-0.1, -0.05) is 38.0 Å². The van der Waals surface area contributed by atoms with Crippen molar-refractivity contribution in [1.82, 2.24) is 14.4 Å². The Bertz CT molecular complexity index is 1090. The van der Waals surface area contributed by atoms with Gasteiger partial charge in [0.1, 0.15) is 5.82 Å². The highest BCUT2D eigenvalue weighted by atomic mass is 19.1. The number of aromatic nitrogens is 1. The molecule has 33 heavy (non-hydrogen) atoms. The molecule has 2 aromatic rings. The fourth-order valence-electron chi connectivity index (χ4n) is 6.14. The average Bonchev–Trinajstić information content (AvgIpc) is 3.54. The van der Waals surface area contributed by atoms with Gasteiger partial charge in [0.2, 0.25) is 17.7 Å². The second-order valence-electron chi connectivity index (χ2n) is 9.56. The van der Waals surface area contributed by atoms with Gasteiger partial charge in [0.05, 0.1) is 11.5 Å². The van der Waals surface area contributed by atoms with Crippen LogP contribution in [-0.2, 0) is 26.3 Å². The highest BCUT2D eigenvalue weighted by Crippen LogP contribution is 2.44. The Balaban J connectivity index is 1.51. The minimum atomic E-state index is -1.49. The monoisotopic (exact) mass is 451 g/mol. The lowest BCUT2D eigenvalue weighted by Gasteiger charge is -2.39. The van der Waals surface area contributed by atoms with Crippen molar-refractivity contribution in [1.29, 1.82) is 0 Å². The number of carbonyl (C=O) groups excluding carboxylic acids is 3. The number of hydrogen-bond acceptors (Lipinski definition) is 3. The molecule has 1 saturated heterocycles. The molecule has 7 heteroatoms. The van der Waals surface area contributed by atoms with Crippen LogP contribution >= 0.6 is 0 Å². The Labute approximate surface area is 193 Å². The molecule has 1 saturated carbocycles. The molecule has 0 spiro atoms. The second kappa shape index (κ2) is 8.43. The molecular weight excluding hydrogens is 421 g/mol. The van der Waals surface area contributed by atoms with E-state index in [1.165, 1.54) is 11.0 Å². The molecule has 1 aliphatic carbocycles. The molecule has 0 radical (unpaired) electrons. The van der Waals surface area contributed by atoms with E-state index >= 15 is 4.39 Å². The fraction of sp³-hybridized carbons (Fsp3) is 0.500. The van der Waals surface area contributed by atoms with E-state index in [4.69, 9.17) is 0 Å². The third-order valence-corrected chi connectivity index (χ3v) is 7.75. The number of carbonyl (C=O) groups is 3. The molecule has 3 aliphatic rings. The van der Waals surface area contributed by atoms with Crippen molar-refractivity contribution in [2.45, 2.75) is 75.9 Å². The second-order valence-corrected chi connectivity index (χ2v) is 9.56. The first kappa shape index (κ1) is 21.9. The van der Waals surface area contributed by atoms with Crippen molar-refractivity contribution < 1.29 is 18.8 Å². The third kappa shape index (κ3) is 3.49. The van der Waals surface area contributed by atoms with E-state index in [0.717, 1.165) is 37.8 Å². The molecule has 5 rings (SSSR count). The van der Waals surface area contributed by atoms with Crippen LogP contribution in [0.4, 0.5) is 4.39 Å². The quantitative estimate of drug-likeness (QED) is 0.647. The van der Waals surface area contributed by atoms with Gasteiger partial charge in [0, 0.05) is 49.4 Å². The third-order valence-electron chi connectivity index (χ3n) is 7.75. The molecule has 2 aliphatic heterocycles. The van der Waals surface area contributed by atoms with Gasteiger partial charge in [-0.05, 0) is 37.5 Å². The summed E-state index contributed by atoms with van der Waals surface area (Å²) in [7, 11) is 0. The number of benzene rings is 1. The Morgan fingerprint density at radius 3 is 2.58 bits per heavy atom. The van der Waals surface area contributed by atoms with Crippen LogP contribution in [0.15, 0.2) is 42.6 Å². The molecule has 6 nitrogen and oxygen atoms in total. The largest absolute Gasteiger partial charge is 0.348 e. The molecule has 0 bridgehead atoms. The Morgan fingerprint density at radius 2 is 1.85 bits per heavy atom. The molecule has 3 heterocycles. The predicted molar refractivity (Wildman–Crippen MR) is 121 cm³/mol. The predicted octanol–water partition coefficient (Wildman–Crippen LogP) is 3.95. The van der Waals surface area contributed by atoms with Crippen molar-refractivity contribution >= 4 is 17.7 Å². The maximum atomic E-state index is 15.1. The topological polar surface area (TPSA) is 62.6 Å². The zero-order valence-corrected chi connectivity index (χ0v) is 19.0. The molecule has 1 aromatic heterocycles. The normalized spacial score (nSPS) is 25.7. The summed E-state index contributed by atoms with van der Waals surface area (Å²) in [5.41, 5.74) is -0.260. The number of rotatable bonds is 5. The summed E-state index contributed by atoms with van der Waals surface area (Å²) in [5.74, 6) is -1.44. The SMILES string of the molecule is CC[C@@H]1c2cccn2CCN1C(=O)C[C@]1(c2ccccc2F)CC(=O)N(C2CCCC2)C1=O. The summed E-state index contributed by atoms with van der Waals surface area (Å²) in [5, 5.41) is 0. The first-order chi connectivity index (χ1) is 16.0. The van der Waals surface area contributed by atoms with Crippen molar-refractivity contribution in [2.24, 2.45) is 0 Å². The van der Waals surface area contributed by atoms with Gasteiger partial charge in [-0.3, -0.25) is 19.3 Å². The van der Waals surface area contributed by atoms with Crippen LogP contribution < -0.4 is 0 Å². The zero-order valence-electron chi connectivity index (χ0n) is 19.0. The van der Waals surface area contributed by atoms with Crippen molar-refractivity contribution in [3.63, 3.8) is 0 Å². The van der Waals surface area contributed by atoms with Gasteiger partial charge in [0.15, 0.2) is 0 Å². The lowest BCUT2D eigenvalue weighted by molar-refractivity contribution is -0.145. The summed E-state index contributed by atoms with van der Waals surface area (Å²) in [6.07, 6.45) is 5.90. The van der Waals surface area contributed by atoms with Gasteiger partial charge in [-0.2, -0.15) is 0 Å². The number of likely N-dealkylation sites (tertiary alicyclic amines) is 1. The van der Waals surface area contributed by atoms with Crippen LogP contribution in [0.5, 0.6) is 0 Å². The minimum absolute atomic E-state index is 0.0999. The molecule has 1 aromatic carbocycles. The first-order valence-corrected chi connectivity index (χ1v) is 12.0. The average molecular weight is 452 g/mol. The Morgan fingerprint density at radius 1 is 1.09 bits per heavy atom. The van der Waals surface area contributed by atoms with Gasteiger partial charge in [-0.15, -0.1) is 0 Å². The van der Waals surface area contributed by atoms with E-state index in [9.17, 15) is 14.4 Å². The van der Waals surface area contributed by atoms with Gasteiger partial charge in [-0.25, -0.2) is 4.39 Å². The van der Waals surface area contributed by atoms with Crippen LogP contribution in [-0.4, -0.2) is 44.7 Å². The first-order valence-electron chi connectivity index (χ1n) is 12.0. The highest BCUT2D eigenvalue weighted by Gasteiger charge is 2.57. The molecular formula is C26H30FN3O3. The van der Waals surface area contributed by atoms with Crippen molar-refractivity contribution in [3.8, 4) is 0 Å². The van der Waals surface area contributed by atoms with E-state index in [0.29, 0.717) is 13.1 Å². The lowest BCUT2D eigenvalue weighted by Crippen LogP contribution is -2.48. The van der Waals surface area contributed by atoms with Crippen molar-refractivity contribution in [2.75, 3.05) is 6.54 Å². The van der Waals surface area contributed by atoms with E-state index < -0.39 is 17.1 Å². The van der Waals surface area contributed by atoms with Gasteiger partial charge >= 0.3 is 0 Å². The summed E-state index contributed by atoms with van der Waals surface area (Å²) in [6.45, 7) is 3.24. The Kier molecular flexibility index (Phi) is 5.59. The summed E-state index contributed by atoms with van der Waals surface area (Å²) in [4.78, 5) is 43.9. The molecule has 2 atom stereocenters. The number of hydrogen-bond donors (Lipinski definition) is 0. The minimum Gasteiger partial charge on any atom is -0.348 e. The van der Waals surface area contributed by atoms with Crippen LogP contribution in [0, 0.1) is 5.82 Å². The maximum absolute atomic E-state index is 15.1. The van der Waals surface area contributed by atoms with Crippen LogP contribution in [0.1, 0.15) is 69.2 Å². The summed E-state index contributed by atoms with van der Waals surface area (Å²) < 4.78 is 17.2. The maximum Gasteiger partial charge on any atom is 0.241 e.